The minimum Gasteiger partial charge on any atom is -0.487 e. The zero-order chi connectivity index (χ0) is 23.7. The number of hydrogen-bond donors (Lipinski definition) is 1. The predicted octanol–water partition coefficient (Wildman–Crippen LogP) is 4.68. The average Bonchev–Trinajstić information content (AvgIpc) is 3.27. The van der Waals surface area contributed by atoms with Gasteiger partial charge in [0.25, 0.3) is 0 Å². The smallest absolute Gasteiger partial charge is 0.241 e. The third-order valence-electron chi connectivity index (χ3n) is 6.86. The number of hydrogen-bond acceptors (Lipinski definition) is 6. The summed E-state index contributed by atoms with van der Waals surface area (Å²) in [6.45, 7) is 8.45. The lowest BCUT2D eigenvalue weighted by atomic mass is 9.88. The summed E-state index contributed by atoms with van der Waals surface area (Å²) >= 11 is 0. The molecule has 34 heavy (non-hydrogen) atoms. The Kier molecular flexibility index (Phi) is 6.13. The van der Waals surface area contributed by atoms with Crippen molar-refractivity contribution in [3.05, 3.63) is 65.5 Å². The van der Waals surface area contributed by atoms with E-state index in [1.54, 1.807) is 0 Å². The number of fused-ring (bicyclic) bond motifs is 1. The van der Waals surface area contributed by atoms with E-state index in [2.05, 4.69) is 34.2 Å². The van der Waals surface area contributed by atoms with Gasteiger partial charge >= 0.3 is 0 Å². The second kappa shape index (κ2) is 9.22. The maximum Gasteiger partial charge on any atom is 0.241 e. The van der Waals surface area contributed by atoms with Crippen LogP contribution >= 0.6 is 0 Å². The van der Waals surface area contributed by atoms with E-state index in [-0.39, 0.29) is 23.5 Å². The maximum atomic E-state index is 13.1. The molecular formula is C27H32N4O3. The van der Waals surface area contributed by atoms with Gasteiger partial charge in [0, 0.05) is 23.5 Å². The van der Waals surface area contributed by atoms with E-state index in [1.165, 1.54) is 0 Å². The topological polar surface area (TPSA) is 80.5 Å². The first-order valence-electron chi connectivity index (χ1n) is 12.1. The Balaban J connectivity index is 1.16. The van der Waals surface area contributed by atoms with E-state index in [0.717, 1.165) is 54.8 Å². The summed E-state index contributed by atoms with van der Waals surface area (Å²) < 4.78 is 11.6. The van der Waals surface area contributed by atoms with Gasteiger partial charge in [0.2, 0.25) is 17.6 Å². The Bertz CT molecular complexity index is 1160. The molecule has 2 aliphatic heterocycles. The van der Waals surface area contributed by atoms with E-state index < -0.39 is 0 Å². The highest BCUT2D eigenvalue weighted by Gasteiger charge is 2.36. The summed E-state index contributed by atoms with van der Waals surface area (Å²) in [5.41, 5.74) is 2.87. The number of nitrogens with one attached hydrogen (secondary N) is 1. The quantitative estimate of drug-likeness (QED) is 0.596. The van der Waals surface area contributed by atoms with Gasteiger partial charge in [-0.1, -0.05) is 47.6 Å². The van der Waals surface area contributed by atoms with Crippen molar-refractivity contribution in [2.45, 2.75) is 58.2 Å². The Labute approximate surface area is 200 Å². The number of ether oxygens (including phenoxy) is 1. The van der Waals surface area contributed by atoms with Crippen molar-refractivity contribution in [2.75, 3.05) is 13.1 Å². The van der Waals surface area contributed by atoms with Crippen molar-refractivity contribution >= 4 is 5.91 Å². The highest BCUT2D eigenvalue weighted by atomic mass is 16.5. The van der Waals surface area contributed by atoms with Crippen LogP contribution in [0.5, 0.6) is 5.75 Å². The molecule has 7 heteroatoms. The number of aryl methyl sites for hydroxylation is 1. The predicted molar refractivity (Wildman–Crippen MR) is 129 cm³/mol. The third-order valence-corrected chi connectivity index (χ3v) is 6.86. The largest absolute Gasteiger partial charge is 0.487 e. The van der Waals surface area contributed by atoms with Gasteiger partial charge in [-0.3, -0.25) is 9.69 Å². The Morgan fingerprint density at radius 1 is 1.12 bits per heavy atom. The van der Waals surface area contributed by atoms with Gasteiger partial charge in [-0.15, -0.1) is 0 Å². The summed E-state index contributed by atoms with van der Waals surface area (Å²) in [5, 5.41) is 7.48. The van der Waals surface area contributed by atoms with E-state index in [9.17, 15) is 4.79 Å². The molecule has 3 aromatic rings. The molecule has 1 unspecified atom stereocenters. The molecular weight excluding hydrogens is 428 g/mol. The number of benzene rings is 2. The monoisotopic (exact) mass is 460 g/mol. The van der Waals surface area contributed by atoms with E-state index in [4.69, 9.17) is 9.26 Å². The summed E-state index contributed by atoms with van der Waals surface area (Å²) in [6, 6.07) is 16.0. The van der Waals surface area contributed by atoms with Crippen LogP contribution in [0, 0.1) is 12.8 Å². The number of aromatic nitrogens is 2. The first-order valence-corrected chi connectivity index (χ1v) is 12.1. The SMILES string of the molecule is Cc1ccccc1-c1noc(CN2CCC(C(=O)NC3CC(C)(C)Oc4ccccc43)CC2)n1. The van der Waals surface area contributed by atoms with E-state index in [1.807, 2.05) is 55.5 Å². The molecule has 2 aromatic carbocycles. The summed E-state index contributed by atoms with van der Waals surface area (Å²) in [7, 11) is 0. The van der Waals surface area contributed by atoms with Crippen LogP contribution < -0.4 is 10.1 Å². The van der Waals surface area contributed by atoms with Crippen molar-refractivity contribution < 1.29 is 14.1 Å². The zero-order valence-corrected chi connectivity index (χ0v) is 20.1. The third kappa shape index (κ3) is 4.85. The highest BCUT2D eigenvalue weighted by Crippen LogP contribution is 2.39. The summed E-state index contributed by atoms with van der Waals surface area (Å²) in [4.78, 5) is 20.0. The molecule has 1 N–H and O–H groups in total. The first kappa shape index (κ1) is 22.6. The maximum absolute atomic E-state index is 13.1. The lowest BCUT2D eigenvalue weighted by Gasteiger charge is -2.39. The summed E-state index contributed by atoms with van der Waals surface area (Å²) in [6.07, 6.45) is 2.40. The number of likely N-dealkylation sites (tertiary alicyclic amines) is 1. The molecule has 2 aliphatic rings. The average molecular weight is 461 g/mol. The second-order valence-corrected chi connectivity index (χ2v) is 10.0. The van der Waals surface area contributed by atoms with Crippen LogP contribution in [0.1, 0.15) is 56.2 Å². The van der Waals surface area contributed by atoms with Crippen molar-refractivity contribution in [3.63, 3.8) is 0 Å². The van der Waals surface area contributed by atoms with Gasteiger partial charge < -0.3 is 14.6 Å². The van der Waals surface area contributed by atoms with Crippen LogP contribution in [0.25, 0.3) is 11.4 Å². The first-order chi connectivity index (χ1) is 16.4. The molecule has 1 saturated heterocycles. The van der Waals surface area contributed by atoms with Crippen molar-refractivity contribution in [2.24, 2.45) is 5.92 Å². The molecule has 0 saturated carbocycles. The molecule has 0 bridgehead atoms. The van der Waals surface area contributed by atoms with Crippen LogP contribution in [0.15, 0.2) is 53.1 Å². The van der Waals surface area contributed by atoms with Crippen LogP contribution in [-0.4, -0.2) is 39.6 Å². The molecule has 0 spiro atoms. The number of carbonyl (C=O) groups excluding carboxylic acids is 1. The molecule has 3 heterocycles. The molecule has 1 fully saturated rings. The van der Waals surface area contributed by atoms with Crippen LogP contribution in [0.2, 0.25) is 0 Å². The molecule has 0 radical (unpaired) electrons. The molecule has 178 valence electrons. The van der Waals surface area contributed by atoms with Crippen LogP contribution in [0.4, 0.5) is 0 Å². The Morgan fingerprint density at radius 3 is 2.65 bits per heavy atom. The van der Waals surface area contributed by atoms with E-state index >= 15 is 0 Å². The van der Waals surface area contributed by atoms with Gasteiger partial charge in [-0.05, 0) is 58.3 Å². The van der Waals surface area contributed by atoms with Gasteiger partial charge in [0.05, 0.1) is 12.6 Å². The molecule has 5 rings (SSSR count). The molecule has 7 nitrogen and oxygen atoms in total. The number of rotatable bonds is 5. The van der Waals surface area contributed by atoms with Crippen molar-refractivity contribution in [3.8, 4) is 17.1 Å². The lowest BCUT2D eigenvalue weighted by Crippen LogP contribution is -2.45. The summed E-state index contributed by atoms with van der Waals surface area (Å²) in [5.74, 6) is 2.25. The fourth-order valence-electron chi connectivity index (χ4n) is 5.02. The minimum atomic E-state index is -0.309. The van der Waals surface area contributed by atoms with Crippen LogP contribution in [-0.2, 0) is 11.3 Å². The van der Waals surface area contributed by atoms with Gasteiger partial charge in [-0.25, -0.2) is 0 Å². The molecule has 1 amide bonds. The normalized spacial score (nSPS) is 20.4. The van der Waals surface area contributed by atoms with Crippen molar-refractivity contribution in [1.82, 2.24) is 20.4 Å². The fraction of sp³-hybridized carbons (Fsp3) is 0.444. The number of piperidine rings is 1. The standard InChI is InChI=1S/C27H32N4O3/c1-18-8-4-5-9-20(18)25-29-24(34-30-25)17-31-14-12-19(13-15-31)26(32)28-22-16-27(2,3)33-23-11-7-6-10-21(22)23/h4-11,19,22H,12-17H2,1-3H3,(H,28,32). The minimum absolute atomic E-state index is 0.0135. The van der Waals surface area contributed by atoms with E-state index in [0.29, 0.717) is 18.3 Å². The number of carbonyl (C=O) groups is 1. The Hall–Kier alpha value is -3.19. The lowest BCUT2D eigenvalue weighted by molar-refractivity contribution is -0.127. The number of nitrogens with zero attached hydrogens (tertiary/aromatic N) is 3. The second-order valence-electron chi connectivity index (χ2n) is 10.0. The van der Waals surface area contributed by atoms with Gasteiger partial charge in [0.15, 0.2) is 0 Å². The van der Waals surface area contributed by atoms with Gasteiger partial charge in [0.1, 0.15) is 11.4 Å². The van der Waals surface area contributed by atoms with Crippen molar-refractivity contribution in [1.29, 1.82) is 0 Å². The number of para-hydroxylation sites is 1. The van der Waals surface area contributed by atoms with Crippen LogP contribution in [0.3, 0.4) is 0 Å². The molecule has 1 atom stereocenters. The number of amides is 1. The van der Waals surface area contributed by atoms with Gasteiger partial charge in [-0.2, -0.15) is 4.98 Å². The molecule has 0 aliphatic carbocycles. The Morgan fingerprint density at radius 2 is 1.85 bits per heavy atom. The fourth-order valence-corrected chi connectivity index (χ4v) is 5.02. The molecule has 1 aromatic heterocycles. The zero-order valence-electron chi connectivity index (χ0n) is 20.1. The highest BCUT2D eigenvalue weighted by molar-refractivity contribution is 5.79.